The summed E-state index contributed by atoms with van der Waals surface area (Å²) in [5, 5.41) is 5.10. The Labute approximate surface area is 208 Å². The van der Waals surface area contributed by atoms with E-state index in [-0.39, 0.29) is 10.8 Å². The minimum atomic E-state index is -3.76. The van der Waals surface area contributed by atoms with E-state index in [4.69, 9.17) is 4.74 Å². The Hall–Kier alpha value is -1.79. The van der Waals surface area contributed by atoms with Crippen LogP contribution in [0.4, 0.5) is 5.00 Å². The molecular formula is C23H31N3O5S3. The zero-order chi connectivity index (χ0) is 24.5. The number of amides is 1. The lowest BCUT2D eigenvalue weighted by atomic mass is 10.0. The van der Waals surface area contributed by atoms with Gasteiger partial charge in [-0.3, -0.25) is 9.69 Å². The molecule has 2 aromatic rings. The number of sulfonamides is 1. The maximum Gasteiger partial charge on any atom is 0.341 e. The van der Waals surface area contributed by atoms with Gasteiger partial charge >= 0.3 is 5.97 Å². The largest absolute Gasteiger partial charge is 0.462 e. The first kappa shape index (κ1) is 25.3. The number of thiophene rings is 2. The topological polar surface area (TPSA) is 96.0 Å². The summed E-state index contributed by atoms with van der Waals surface area (Å²) in [6.07, 6.45) is 2.62. The van der Waals surface area contributed by atoms with Gasteiger partial charge in [-0.15, -0.1) is 22.7 Å². The van der Waals surface area contributed by atoms with Crippen molar-refractivity contribution in [3.8, 4) is 0 Å². The quantitative estimate of drug-likeness (QED) is 0.550. The van der Waals surface area contributed by atoms with Crippen LogP contribution >= 0.6 is 22.7 Å². The van der Waals surface area contributed by atoms with Crippen molar-refractivity contribution in [2.75, 3.05) is 25.0 Å². The minimum absolute atomic E-state index is 0.236. The lowest BCUT2D eigenvalue weighted by molar-refractivity contribution is -0.120. The second kappa shape index (κ2) is 10.4. The number of piperidine rings is 1. The van der Waals surface area contributed by atoms with Gasteiger partial charge in [0.2, 0.25) is 5.91 Å². The lowest BCUT2D eigenvalue weighted by Gasteiger charge is -2.33. The summed E-state index contributed by atoms with van der Waals surface area (Å²) in [5.74, 6) is -0.843. The van der Waals surface area contributed by atoms with Crippen LogP contribution in [0.1, 0.15) is 60.8 Å². The molecule has 2 aliphatic heterocycles. The Kier molecular flexibility index (Phi) is 7.78. The smallest absolute Gasteiger partial charge is 0.341 e. The number of anilines is 1. The molecule has 1 fully saturated rings. The van der Waals surface area contributed by atoms with E-state index in [2.05, 4.69) is 24.1 Å². The van der Waals surface area contributed by atoms with E-state index in [9.17, 15) is 18.0 Å². The number of carbonyl (C=O) groups is 2. The fourth-order valence-electron chi connectivity index (χ4n) is 4.55. The van der Waals surface area contributed by atoms with E-state index in [0.29, 0.717) is 49.0 Å². The highest BCUT2D eigenvalue weighted by Gasteiger charge is 2.39. The Bertz CT molecular complexity index is 1140. The monoisotopic (exact) mass is 525 g/mol. The first-order valence-electron chi connectivity index (χ1n) is 11.7. The summed E-state index contributed by atoms with van der Waals surface area (Å²) < 4.78 is 33.3. The number of hydrogen-bond donors (Lipinski definition) is 1. The number of fused-ring (bicyclic) bond motifs is 1. The zero-order valence-electron chi connectivity index (χ0n) is 19.7. The van der Waals surface area contributed by atoms with E-state index in [1.54, 1.807) is 24.4 Å². The molecule has 2 aliphatic rings. The number of esters is 1. The number of nitrogens with one attached hydrogen (secondary N) is 1. The van der Waals surface area contributed by atoms with Gasteiger partial charge in [-0.1, -0.05) is 12.5 Å². The van der Waals surface area contributed by atoms with Crippen molar-refractivity contribution < 1.29 is 22.7 Å². The molecule has 4 heterocycles. The van der Waals surface area contributed by atoms with Gasteiger partial charge < -0.3 is 10.1 Å². The fourth-order valence-corrected chi connectivity index (χ4v) is 8.59. The predicted octanol–water partition coefficient (Wildman–Crippen LogP) is 3.93. The molecule has 1 saturated heterocycles. The molecule has 1 atom stereocenters. The van der Waals surface area contributed by atoms with E-state index >= 15 is 0 Å². The third-order valence-corrected chi connectivity index (χ3v) is 10.8. The Balaban J connectivity index is 1.63. The number of rotatable bonds is 7. The third kappa shape index (κ3) is 4.94. The average molecular weight is 526 g/mol. The molecule has 11 heteroatoms. The summed E-state index contributed by atoms with van der Waals surface area (Å²) in [6.45, 7) is 8.11. The van der Waals surface area contributed by atoms with Crippen LogP contribution in [0.3, 0.4) is 0 Å². The second-order valence-electron chi connectivity index (χ2n) is 8.79. The summed E-state index contributed by atoms with van der Waals surface area (Å²) in [5.41, 5.74) is 1.35. The molecule has 0 spiro atoms. The van der Waals surface area contributed by atoms with Crippen LogP contribution in [-0.4, -0.2) is 61.3 Å². The van der Waals surface area contributed by atoms with Crippen LogP contribution < -0.4 is 5.32 Å². The molecule has 186 valence electrons. The van der Waals surface area contributed by atoms with Crippen LogP contribution in [0.5, 0.6) is 0 Å². The average Bonchev–Trinajstić information content (AvgIpc) is 3.47. The van der Waals surface area contributed by atoms with E-state index < -0.39 is 27.9 Å². The van der Waals surface area contributed by atoms with E-state index in [0.717, 1.165) is 34.7 Å². The normalized spacial score (nSPS) is 19.7. The van der Waals surface area contributed by atoms with Crippen molar-refractivity contribution in [3.05, 3.63) is 33.5 Å². The molecule has 0 aromatic carbocycles. The lowest BCUT2D eigenvalue weighted by Crippen LogP contribution is -2.49. The molecule has 1 N–H and O–H groups in total. The highest BCUT2D eigenvalue weighted by atomic mass is 32.2. The first-order valence-corrected chi connectivity index (χ1v) is 14.8. The molecule has 2 aromatic heterocycles. The number of nitrogens with zero attached hydrogens (tertiary/aromatic N) is 2. The molecule has 8 nitrogen and oxygen atoms in total. The molecule has 0 saturated carbocycles. The highest BCUT2D eigenvalue weighted by Crippen LogP contribution is 2.39. The van der Waals surface area contributed by atoms with Gasteiger partial charge in [0.05, 0.1) is 12.2 Å². The first-order chi connectivity index (χ1) is 16.2. The third-order valence-electron chi connectivity index (χ3n) is 6.35. The molecule has 4 rings (SSSR count). The Morgan fingerprint density at radius 1 is 1.26 bits per heavy atom. The number of ether oxygens (including phenoxy) is 1. The van der Waals surface area contributed by atoms with Gasteiger partial charge in [-0.05, 0) is 57.0 Å². The SMILES string of the molecule is CCOC(=O)c1c(NC(=O)C2CCCCN2S(=O)(=O)c2cccs2)sc2c1CCN(C(C)C)C2. The van der Waals surface area contributed by atoms with Crippen molar-refractivity contribution in [3.63, 3.8) is 0 Å². The van der Waals surface area contributed by atoms with Crippen molar-refractivity contribution in [2.45, 2.75) is 69.3 Å². The van der Waals surface area contributed by atoms with Gasteiger partial charge in [-0.2, -0.15) is 4.31 Å². The number of hydrogen-bond acceptors (Lipinski definition) is 8. The highest BCUT2D eigenvalue weighted by molar-refractivity contribution is 7.91. The maximum atomic E-state index is 13.4. The van der Waals surface area contributed by atoms with Crippen molar-refractivity contribution >= 4 is 49.6 Å². The fraction of sp³-hybridized carbons (Fsp3) is 0.565. The Morgan fingerprint density at radius 2 is 2.06 bits per heavy atom. The van der Waals surface area contributed by atoms with E-state index in [1.165, 1.54) is 15.6 Å². The second-order valence-corrected chi connectivity index (χ2v) is 13.0. The number of carbonyl (C=O) groups excluding carboxylic acids is 2. The predicted molar refractivity (Wildman–Crippen MR) is 134 cm³/mol. The zero-order valence-corrected chi connectivity index (χ0v) is 22.2. The summed E-state index contributed by atoms with van der Waals surface area (Å²) >= 11 is 2.54. The molecular weight excluding hydrogens is 494 g/mol. The van der Waals surface area contributed by atoms with Crippen molar-refractivity contribution in [1.29, 1.82) is 0 Å². The maximum absolute atomic E-state index is 13.4. The standard InChI is InChI=1S/C23H31N3O5S3/c1-4-31-23(28)20-16-10-12-25(15(2)3)14-18(16)33-22(20)24-21(27)17-8-5-6-11-26(17)34(29,30)19-9-7-13-32-19/h7,9,13,15,17H,4-6,8,10-12,14H2,1-3H3,(H,24,27). The molecule has 0 aliphatic carbocycles. The summed E-state index contributed by atoms with van der Waals surface area (Å²) in [7, 11) is -3.76. The molecule has 1 amide bonds. The Morgan fingerprint density at radius 3 is 2.74 bits per heavy atom. The van der Waals surface area contributed by atoms with Crippen molar-refractivity contribution in [2.24, 2.45) is 0 Å². The van der Waals surface area contributed by atoms with Gasteiger partial charge in [-0.25, -0.2) is 13.2 Å². The summed E-state index contributed by atoms with van der Waals surface area (Å²) in [6, 6.07) is 2.81. The van der Waals surface area contributed by atoms with Crippen LogP contribution in [0.2, 0.25) is 0 Å². The van der Waals surface area contributed by atoms with Crippen LogP contribution in [0.15, 0.2) is 21.7 Å². The van der Waals surface area contributed by atoms with Gasteiger partial charge in [0.25, 0.3) is 10.0 Å². The molecule has 34 heavy (non-hydrogen) atoms. The molecule has 0 radical (unpaired) electrons. The minimum Gasteiger partial charge on any atom is -0.462 e. The molecule has 0 bridgehead atoms. The van der Waals surface area contributed by atoms with E-state index in [1.807, 2.05) is 0 Å². The van der Waals surface area contributed by atoms with Crippen LogP contribution in [0, 0.1) is 0 Å². The van der Waals surface area contributed by atoms with Crippen LogP contribution in [-0.2, 0) is 32.5 Å². The summed E-state index contributed by atoms with van der Waals surface area (Å²) in [4.78, 5) is 29.7. The van der Waals surface area contributed by atoms with Crippen LogP contribution in [0.25, 0.3) is 0 Å². The molecule has 1 unspecified atom stereocenters. The van der Waals surface area contributed by atoms with Gasteiger partial charge in [0.1, 0.15) is 15.3 Å². The van der Waals surface area contributed by atoms with Gasteiger partial charge in [0, 0.05) is 30.6 Å². The van der Waals surface area contributed by atoms with Gasteiger partial charge in [0.15, 0.2) is 0 Å². The van der Waals surface area contributed by atoms with Crippen molar-refractivity contribution in [1.82, 2.24) is 9.21 Å².